The van der Waals surface area contributed by atoms with Gasteiger partial charge in [-0.05, 0) is 61.0 Å². The maximum Gasteiger partial charge on any atom is 0.253 e. The minimum atomic E-state index is -1.21. The fourth-order valence-corrected chi connectivity index (χ4v) is 4.77. The summed E-state index contributed by atoms with van der Waals surface area (Å²) in [7, 11) is 0. The molecule has 5 rings (SSSR count). The van der Waals surface area contributed by atoms with Gasteiger partial charge in [0.2, 0.25) is 5.91 Å². The number of H-pyrrole nitrogens is 1. The molecular formula is C29H31N5O4. The van der Waals surface area contributed by atoms with Crippen molar-refractivity contribution in [2.45, 2.75) is 45.4 Å². The van der Waals surface area contributed by atoms with Crippen molar-refractivity contribution in [3.8, 4) is 17.0 Å². The van der Waals surface area contributed by atoms with E-state index in [2.05, 4.69) is 20.5 Å². The summed E-state index contributed by atoms with van der Waals surface area (Å²) >= 11 is 0. The largest absolute Gasteiger partial charge is 0.490 e. The fraction of sp³-hybridized carbons (Fsp3) is 0.310. The van der Waals surface area contributed by atoms with Gasteiger partial charge in [-0.3, -0.25) is 19.7 Å². The van der Waals surface area contributed by atoms with Crippen molar-refractivity contribution < 1.29 is 19.4 Å². The molecule has 3 heterocycles. The van der Waals surface area contributed by atoms with Crippen LogP contribution in [0.25, 0.3) is 22.2 Å². The predicted molar refractivity (Wildman–Crippen MR) is 143 cm³/mol. The van der Waals surface area contributed by atoms with Crippen LogP contribution in [-0.2, 0) is 4.79 Å². The van der Waals surface area contributed by atoms with E-state index in [4.69, 9.17) is 4.74 Å². The van der Waals surface area contributed by atoms with Crippen LogP contribution in [-0.4, -0.2) is 56.2 Å². The highest BCUT2D eigenvalue weighted by atomic mass is 16.5. The van der Waals surface area contributed by atoms with Gasteiger partial charge in [0, 0.05) is 55.1 Å². The Balaban J connectivity index is 1.27. The standard InChI is InChI=1S/C29H31N5O4/c1-3-25(35)34-15-12-22(13-16-34)38-21-9-6-19(7-10-21)27-23-17-20(8-11-24(23)32-33-27)28(36)31-29(37)26-18(2)5-4-14-30-26/h4-11,14,17,22,29,37H,3,12-13,15-16H2,1-2H3,(H,31,36)(H,32,33). The lowest BCUT2D eigenvalue weighted by molar-refractivity contribution is -0.132. The number of carbonyl (C=O) groups excluding carboxylic acids is 2. The van der Waals surface area contributed by atoms with Crippen molar-refractivity contribution in [1.29, 1.82) is 0 Å². The molecule has 0 spiro atoms. The molecule has 1 atom stereocenters. The molecule has 2 amide bonds. The quantitative estimate of drug-likeness (QED) is 0.320. The van der Waals surface area contributed by atoms with Crippen molar-refractivity contribution in [3.05, 3.63) is 77.6 Å². The van der Waals surface area contributed by atoms with Crippen LogP contribution in [0.3, 0.4) is 0 Å². The molecule has 1 fully saturated rings. The van der Waals surface area contributed by atoms with Crippen molar-refractivity contribution in [3.63, 3.8) is 0 Å². The van der Waals surface area contributed by atoms with E-state index in [1.807, 2.05) is 49.1 Å². The molecule has 2 aromatic carbocycles. The van der Waals surface area contributed by atoms with Crippen molar-refractivity contribution in [2.24, 2.45) is 0 Å². The predicted octanol–water partition coefficient (Wildman–Crippen LogP) is 4.13. The number of likely N-dealkylation sites (tertiary alicyclic amines) is 1. The first-order chi connectivity index (χ1) is 18.4. The van der Waals surface area contributed by atoms with E-state index in [1.54, 1.807) is 30.5 Å². The maximum absolute atomic E-state index is 12.9. The van der Waals surface area contributed by atoms with E-state index < -0.39 is 12.1 Å². The number of hydrogen-bond donors (Lipinski definition) is 3. The monoisotopic (exact) mass is 513 g/mol. The molecule has 1 aliphatic rings. The van der Waals surface area contributed by atoms with E-state index in [1.165, 1.54) is 0 Å². The van der Waals surface area contributed by atoms with Crippen LogP contribution < -0.4 is 10.1 Å². The summed E-state index contributed by atoms with van der Waals surface area (Å²) < 4.78 is 6.16. The second-order valence-electron chi connectivity index (χ2n) is 9.49. The van der Waals surface area contributed by atoms with Crippen molar-refractivity contribution >= 4 is 22.7 Å². The Morgan fingerprint density at radius 1 is 1.16 bits per heavy atom. The van der Waals surface area contributed by atoms with Gasteiger partial charge in [-0.2, -0.15) is 5.10 Å². The molecular weight excluding hydrogens is 482 g/mol. The number of aromatic nitrogens is 3. The topological polar surface area (TPSA) is 120 Å². The highest BCUT2D eigenvalue weighted by Crippen LogP contribution is 2.29. The number of pyridine rings is 1. The third-order valence-corrected chi connectivity index (χ3v) is 6.93. The number of nitrogens with one attached hydrogen (secondary N) is 2. The summed E-state index contributed by atoms with van der Waals surface area (Å²) in [5.41, 5.74) is 4.00. The van der Waals surface area contributed by atoms with Crippen LogP contribution in [0.5, 0.6) is 5.75 Å². The number of aromatic amines is 1. The molecule has 1 saturated heterocycles. The SMILES string of the molecule is CCC(=O)N1CCC(Oc2ccc(-c3n[nH]c4ccc(C(=O)NC(O)c5ncccc5C)cc34)cc2)CC1. The van der Waals surface area contributed by atoms with Gasteiger partial charge in [0.05, 0.1) is 16.9 Å². The van der Waals surface area contributed by atoms with Crippen LogP contribution in [0, 0.1) is 6.92 Å². The van der Waals surface area contributed by atoms with Gasteiger partial charge >= 0.3 is 0 Å². The lowest BCUT2D eigenvalue weighted by Crippen LogP contribution is -2.41. The zero-order valence-corrected chi connectivity index (χ0v) is 21.5. The third-order valence-electron chi connectivity index (χ3n) is 6.93. The summed E-state index contributed by atoms with van der Waals surface area (Å²) in [4.78, 5) is 30.9. The Bertz CT molecular complexity index is 1440. The van der Waals surface area contributed by atoms with E-state index in [9.17, 15) is 14.7 Å². The second-order valence-corrected chi connectivity index (χ2v) is 9.49. The van der Waals surface area contributed by atoms with Crippen LogP contribution in [0.15, 0.2) is 60.8 Å². The Hall–Kier alpha value is -4.24. The number of fused-ring (bicyclic) bond motifs is 1. The molecule has 0 saturated carbocycles. The molecule has 9 nitrogen and oxygen atoms in total. The smallest absolute Gasteiger partial charge is 0.253 e. The lowest BCUT2D eigenvalue weighted by Gasteiger charge is -2.32. The Labute approximate surface area is 220 Å². The summed E-state index contributed by atoms with van der Waals surface area (Å²) in [6, 6.07) is 16.6. The van der Waals surface area contributed by atoms with Gasteiger partial charge in [-0.15, -0.1) is 0 Å². The Morgan fingerprint density at radius 3 is 2.63 bits per heavy atom. The van der Waals surface area contributed by atoms with Crippen molar-refractivity contribution in [2.75, 3.05) is 13.1 Å². The van der Waals surface area contributed by atoms with Crippen LogP contribution in [0.1, 0.15) is 54.0 Å². The molecule has 1 aliphatic heterocycles. The first-order valence-corrected chi connectivity index (χ1v) is 12.9. The van der Waals surface area contributed by atoms with Gasteiger partial charge < -0.3 is 20.1 Å². The molecule has 0 radical (unpaired) electrons. The lowest BCUT2D eigenvalue weighted by atomic mass is 10.0. The number of rotatable bonds is 7. The normalized spacial score (nSPS) is 14.9. The van der Waals surface area contributed by atoms with Crippen LogP contribution in [0.4, 0.5) is 0 Å². The first-order valence-electron chi connectivity index (χ1n) is 12.9. The van der Waals surface area contributed by atoms with Gasteiger partial charge in [0.1, 0.15) is 11.9 Å². The van der Waals surface area contributed by atoms with Gasteiger partial charge in [0.15, 0.2) is 6.23 Å². The van der Waals surface area contributed by atoms with Crippen molar-refractivity contribution in [1.82, 2.24) is 25.4 Å². The summed E-state index contributed by atoms with van der Waals surface area (Å²) in [5, 5.41) is 21.4. The Morgan fingerprint density at radius 2 is 1.92 bits per heavy atom. The van der Waals surface area contributed by atoms with Crippen LogP contribution >= 0.6 is 0 Å². The highest BCUT2D eigenvalue weighted by Gasteiger charge is 2.23. The zero-order chi connectivity index (χ0) is 26.6. The zero-order valence-electron chi connectivity index (χ0n) is 21.5. The molecule has 1 unspecified atom stereocenters. The molecule has 3 N–H and O–H groups in total. The number of amides is 2. The average molecular weight is 514 g/mol. The van der Waals surface area contributed by atoms with Gasteiger partial charge in [-0.25, -0.2) is 0 Å². The minimum absolute atomic E-state index is 0.0827. The number of piperidine rings is 1. The number of carbonyl (C=O) groups is 2. The molecule has 0 bridgehead atoms. The third kappa shape index (κ3) is 5.38. The minimum Gasteiger partial charge on any atom is -0.490 e. The molecule has 4 aromatic rings. The molecule has 196 valence electrons. The highest BCUT2D eigenvalue weighted by molar-refractivity contribution is 6.01. The second kappa shape index (κ2) is 11.0. The number of aliphatic hydroxyl groups excluding tert-OH is 1. The Kier molecular flexibility index (Phi) is 7.37. The van der Waals surface area contributed by atoms with Gasteiger partial charge in [-0.1, -0.05) is 13.0 Å². The summed E-state index contributed by atoms with van der Waals surface area (Å²) in [5.74, 6) is 0.555. The number of hydrogen-bond acceptors (Lipinski definition) is 6. The molecule has 9 heteroatoms. The summed E-state index contributed by atoms with van der Waals surface area (Å²) in [6.07, 6.45) is 2.62. The first kappa shape index (κ1) is 25.4. The number of benzene rings is 2. The number of ether oxygens (including phenoxy) is 1. The maximum atomic E-state index is 12.9. The number of aliphatic hydroxyl groups is 1. The number of nitrogens with zero attached hydrogens (tertiary/aromatic N) is 3. The molecule has 2 aromatic heterocycles. The number of aryl methyl sites for hydroxylation is 1. The van der Waals surface area contributed by atoms with Crippen LogP contribution in [0.2, 0.25) is 0 Å². The molecule has 38 heavy (non-hydrogen) atoms. The van der Waals surface area contributed by atoms with E-state index >= 15 is 0 Å². The van der Waals surface area contributed by atoms with E-state index in [0.29, 0.717) is 23.4 Å². The molecule has 0 aliphatic carbocycles. The fourth-order valence-electron chi connectivity index (χ4n) is 4.77. The van der Waals surface area contributed by atoms with Gasteiger partial charge in [0.25, 0.3) is 5.91 Å². The summed E-state index contributed by atoms with van der Waals surface area (Å²) in [6.45, 7) is 5.17. The average Bonchev–Trinajstić information content (AvgIpc) is 3.37. The van der Waals surface area contributed by atoms with E-state index in [-0.39, 0.29) is 12.0 Å². The van der Waals surface area contributed by atoms with E-state index in [0.717, 1.165) is 53.7 Å².